The molecule has 0 aromatic heterocycles. The summed E-state index contributed by atoms with van der Waals surface area (Å²) in [5, 5.41) is 10.6. The van der Waals surface area contributed by atoms with E-state index in [4.69, 9.17) is 4.74 Å². The third-order valence-corrected chi connectivity index (χ3v) is 9.78. The van der Waals surface area contributed by atoms with Crippen molar-refractivity contribution in [3.63, 3.8) is 0 Å². The molecule has 7 atom stereocenters. The van der Waals surface area contributed by atoms with Gasteiger partial charge < -0.3 is 24.5 Å². The molecule has 2 bridgehead atoms. The van der Waals surface area contributed by atoms with Gasteiger partial charge in [0.05, 0.1) is 30.6 Å². The van der Waals surface area contributed by atoms with Crippen LogP contribution in [0.25, 0.3) is 0 Å². The Morgan fingerprint density at radius 2 is 1.86 bits per heavy atom. The highest BCUT2D eigenvalue weighted by molar-refractivity contribution is 9.09. The second-order valence-electron chi connectivity index (χ2n) is 12.2. The number of carbonyl (C=O) groups is 3. The van der Waals surface area contributed by atoms with Gasteiger partial charge in [0.25, 0.3) is 0 Å². The maximum Gasteiger partial charge on any atom is 0.248 e. The molecule has 230 valence electrons. The molecule has 1 spiro atoms. The summed E-state index contributed by atoms with van der Waals surface area (Å²) in [4.78, 5) is 48.3. The summed E-state index contributed by atoms with van der Waals surface area (Å²) in [5.74, 6) is -2.16. The normalized spacial score (nSPS) is 28.6. The van der Waals surface area contributed by atoms with Crippen LogP contribution in [0.4, 0.5) is 5.69 Å². The Labute approximate surface area is 258 Å². The summed E-state index contributed by atoms with van der Waals surface area (Å²) in [6, 6.07) is 7.83. The zero-order chi connectivity index (χ0) is 30.6. The number of benzene rings is 1. The number of nitrogens with zero attached hydrogens (tertiary/aromatic N) is 3. The second-order valence-corrected chi connectivity index (χ2v) is 13.4. The van der Waals surface area contributed by atoms with Gasteiger partial charge in [0.2, 0.25) is 17.7 Å². The van der Waals surface area contributed by atoms with E-state index in [1.807, 2.05) is 44.2 Å². The van der Waals surface area contributed by atoms with Crippen LogP contribution in [0.3, 0.4) is 0 Å². The number of fused-ring (bicyclic) bond motifs is 1. The van der Waals surface area contributed by atoms with E-state index in [1.54, 1.807) is 26.9 Å². The Balaban J connectivity index is 1.80. The minimum absolute atomic E-state index is 0.178. The van der Waals surface area contributed by atoms with E-state index in [-0.39, 0.29) is 41.6 Å². The van der Waals surface area contributed by atoms with Crippen molar-refractivity contribution in [1.29, 1.82) is 0 Å². The molecule has 1 aromatic carbocycles. The maximum atomic E-state index is 14.6. The van der Waals surface area contributed by atoms with E-state index in [1.165, 1.54) is 0 Å². The van der Waals surface area contributed by atoms with Gasteiger partial charge in [-0.25, -0.2) is 0 Å². The van der Waals surface area contributed by atoms with Crippen molar-refractivity contribution >= 4 is 39.3 Å². The number of ether oxygens (including phenoxy) is 1. The third-order valence-electron chi connectivity index (χ3n) is 8.93. The average molecular weight is 645 g/mol. The van der Waals surface area contributed by atoms with Crippen molar-refractivity contribution in [2.45, 2.75) is 81.5 Å². The van der Waals surface area contributed by atoms with Crippen molar-refractivity contribution in [2.24, 2.45) is 17.8 Å². The zero-order valence-corrected chi connectivity index (χ0v) is 26.7. The van der Waals surface area contributed by atoms with Crippen LogP contribution in [0.5, 0.6) is 0 Å². The van der Waals surface area contributed by atoms with Crippen LogP contribution in [0, 0.1) is 17.8 Å². The molecule has 8 nitrogen and oxygen atoms in total. The van der Waals surface area contributed by atoms with Gasteiger partial charge in [0, 0.05) is 30.1 Å². The molecular weight excluding hydrogens is 598 g/mol. The first-order valence-electron chi connectivity index (χ1n) is 15.3. The van der Waals surface area contributed by atoms with Gasteiger partial charge in [0.15, 0.2) is 0 Å². The molecule has 0 radical (unpaired) electrons. The molecule has 3 unspecified atom stereocenters. The SMILES string of the molecule is C=CCN(CCCCC)C(=O)C1N([C@@H](CO)CC(C)C)C(=O)[C@@H]2[C@H](C(=O)N(CC=C)c3ccccc3)[C@H]3OC12CC3Br. The zero-order valence-electron chi connectivity index (χ0n) is 25.2. The molecule has 4 rings (SSSR count). The quantitative estimate of drug-likeness (QED) is 0.172. The maximum absolute atomic E-state index is 14.6. The number of aliphatic hydroxyl groups excluding tert-OH is 1. The highest BCUT2D eigenvalue weighted by Crippen LogP contribution is 2.61. The fraction of sp³-hybridized carbons (Fsp3) is 0.606. The van der Waals surface area contributed by atoms with Crippen molar-refractivity contribution in [1.82, 2.24) is 9.80 Å². The molecule has 3 heterocycles. The minimum atomic E-state index is -1.18. The summed E-state index contributed by atoms with van der Waals surface area (Å²) in [6.07, 6.45) is 6.59. The number of unbranched alkanes of at least 4 members (excludes halogenated alkanes) is 2. The number of hydrogen-bond acceptors (Lipinski definition) is 5. The molecule has 3 amide bonds. The van der Waals surface area contributed by atoms with Crippen LogP contribution >= 0.6 is 15.9 Å². The molecule has 9 heteroatoms. The highest BCUT2D eigenvalue weighted by Gasteiger charge is 2.77. The largest absolute Gasteiger partial charge is 0.394 e. The van der Waals surface area contributed by atoms with Crippen LogP contribution < -0.4 is 4.90 Å². The van der Waals surface area contributed by atoms with E-state index >= 15 is 0 Å². The standard InChI is InChI=1S/C33H46BrN3O5/c1-6-9-13-18-35(16-7-2)32(41)29-33-20-25(34)28(42-33)26(27(33)31(40)37(29)24(21-38)19-22(4)5)30(39)36(17-8-3)23-14-11-10-12-15-23/h7-8,10-12,14-15,22,24-29,38H,2-3,6,9,13,16-21H2,1,4-5H3/t24-,25?,26+,27+,28+,29?,33?/m1/s1. The number of alkyl halides is 1. The average Bonchev–Trinajstić information content (AvgIpc) is 3.57. The van der Waals surface area contributed by atoms with E-state index in [0.717, 1.165) is 19.3 Å². The Hall–Kier alpha value is -2.49. The number of aliphatic hydroxyl groups is 1. The number of halogens is 1. The van der Waals surface area contributed by atoms with E-state index in [9.17, 15) is 19.5 Å². The third kappa shape index (κ3) is 5.84. The monoisotopic (exact) mass is 643 g/mol. The number of carbonyl (C=O) groups excluding carboxylic acids is 3. The van der Waals surface area contributed by atoms with Gasteiger partial charge in [-0.1, -0.05) is 79.9 Å². The first kappa shape index (κ1) is 32.4. The molecule has 0 aliphatic carbocycles. The number of amides is 3. The first-order valence-corrected chi connectivity index (χ1v) is 16.2. The first-order chi connectivity index (χ1) is 20.2. The Morgan fingerprint density at radius 1 is 1.17 bits per heavy atom. The molecule has 3 aliphatic rings. The topological polar surface area (TPSA) is 90.4 Å². The fourth-order valence-corrected chi connectivity index (χ4v) is 8.20. The van der Waals surface area contributed by atoms with Crippen molar-refractivity contribution in [3.8, 4) is 0 Å². The van der Waals surface area contributed by atoms with Gasteiger partial charge in [-0.2, -0.15) is 0 Å². The van der Waals surface area contributed by atoms with Crippen molar-refractivity contribution in [3.05, 3.63) is 55.6 Å². The molecule has 3 aliphatic heterocycles. The predicted molar refractivity (Wildman–Crippen MR) is 168 cm³/mol. The Morgan fingerprint density at radius 3 is 2.45 bits per heavy atom. The van der Waals surface area contributed by atoms with Crippen molar-refractivity contribution < 1.29 is 24.2 Å². The summed E-state index contributed by atoms with van der Waals surface area (Å²) >= 11 is 3.77. The van der Waals surface area contributed by atoms with Crippen LogP contribution in [-0.2, 0) is 19.1 Å². The van der Waals surface area contributed by atoms with Gasteiger partial charge in [0.1, 0.15) is 11.6 Å². The van der Waals surface area contributed by atoms with Gasteiger partial charge in [-0.15, -0.1) is 13.2 Å². The smallest absolute Gasteiger partial charge is 0.248 e. The Bertz CT molecular complexity index is 1150. The van der Waals surface area contributed by atoms with E-state index < -0.39 is 35.6 Å². The number of anilines is 1. The van der Waals surface area contributed by atoms with Gasteiger partial charge in [-0.3, -0.25) is 14.4 Å². The van der Waals surface area contributed by atoms with E-state index in [2.05, 4.69) is 36.0 Å². The lowest BCUT2D eigenvalue weighted by molar-refractivity contribution is -0.151. The lowest BCUT2D eigenvalue weighted by Crippen LogP contribution is -2.59. The van der Waals surface area contributed by atoms with Crippen LogP contribution in [0.2, 0.25) is 0 Å². The number of hydrogen-bond donors (Lipinski definition) is 1. The lowest BCUT2D eigenvalue weighted by Gasteiger charge is -2.40. The number of para-hydroxylation sites is 1. The molecule has 3 saturated heterocycles. The van der Waals surface area contributed by atoms with Crippen molar-refractivity contribution in [2.75, 3.05) is 31.1 Å². The Kier molecular flexibility index (Phi) is 10.7. The number of likely N-dealkylation sites (tertiary alicyclic amines) is 1. The van der Waals surface area contributed by atoms with Crippen LogP contribution in [0.15, 0.2) is 55.6 Å². The summed E-state index contributed by atoms with van der Waals surface area (Å²) in [7, 11) is 0. The molecule has 1 aromatic rings. The highest BCUT2D eigenvalue weighted by atomic mass is 79.9. The summed E-state index contributed by atoms with van der Waals surface area (Å²) in [6.45, 7) is 14.8. The second kappa shape index (κ2) is 13.9. The summed E-state index contributed by atoms with van der Waals surface area (Å²) < 4.78 is 6.74. The molecule has 42 heavy (non-hydrogen) atoms. The van der Waals surface area contributed by atoms with E-state index in [0.29, 0.717) is 31.6 Å². The minimum Gasteiger partial charge on any atom is -0.394 e. The molecular formula is C33H46BrN3O5. The molecule has 1 N–H and O–H groups in total. The van der Waals surface area contributed by atoms with Crippen LogP contribution in [-0.4, -0.2) is 87.5 Å². The molecule has 0 saturated carbocycles. The summed E-state index contributed by atoms with van der Waals surface area (Å²) in [5.41, 5.74) is -0.472. The molecule has 3 fully saturated rings. The lowest BCUT2D eigenvalue weighted by atomic mass is 9.70. The number of rotatable bonds is 15. The fourth-order valence-electron chi connectivity index (χ4n) is 7.26. The predicted octanol–water partition coefficient (Wildman–Crippen LogP) is 4.57. The van der Waals surface area contributed by atoms with Gasteiger partial charge >= 0.3 is 0 Å². The van der Waals surface area contributed by atoms with Crippen LogP contribution in [0.1, 0.15) is 52.9 Å². The van der Waals surface area contributed by atoms with Gasteiger partial charge in [-0.05, 0) is 37.3 Å².